The van der Waals surface area contributed by atoms with Crippen molar-refractivity contribution in [3.63, 3.8) is 0 Å². The van der Waals surface area contributed by atoms with Crippen LogP contribution in [-0.2, 0) is 10.8 Å². The molecule has 2 amide bonds. The Labute approximate surface area is 93.1 Å². The van der Waals surface area contributed by atoms with Gasteiger partial charge in [-0.3, -0.25) is 4.21 Å². The van der Waals surface area contributed by atoms with E-state index in [-0.39, 0.29) is 6.03 Å². The third-order valence-corrected chi connectivity index (χ3v) is 4.35. The zero-order valence-electron chi connectivity index (χ0n) is 8.98. The van der Waals surface area contributed by atoms with Crippen LogP contribution in [0, 0.1) is 0 Å². The number of carbonyl (C=O) groups excluding carboxylic acids is 1. The van der Waals surface area contributed by atoms with Crippen molar-refractivity contribution in [1.29, 1.82) is 0 Å². The Kier molecular flexibility index (Phi) is 3.61. The monoisotopic (exact) mass is 230 g/mol. The Balaban J connectivity index is 1.86. The summed E-state index contributed by atoms with van der Waals surface area (Å²) >= 11 is 0. The van der Waals surface area contributed by atoms with Gasteiger partial charge < -0.3 is 9.80 Å². The summed E-state index contributed by atoms with van der Waals surface area (Å²) in [6, 6.07) is 0.159. The van der Waals surface area contributed by atoms with Gasteiger partial charge in [0.2, 0.25) is 0 Å². The predicted molar refractivity (Wildman–Crippen MR) is 60.3 cm³/mol. The van der Waals surface area contributed by atoms with E-state index in [9.17, 15) is 9.00 Å². The van der Waals surface area contributed by atoms with E-state index in [4.69, 9.17) is 0 Å². The minimum atomic E-state index is -0.695. The standard InChI is InChI=1S/C10H18N2O2S/c13-10(11-4-2-1-3-5-11)12-6-8-15(14)9-7-12/h1-9H2. The molecule has 2 saturated heterocycles. The Morgan fingerprint density at radius 3 is 2.00 bits per heavy atom. The minimum Gasteiger partial charge on any atom is -0.325 e. The van der Waals surface area contributed by atoms with Crippen LogP contribution in [0.4, 0.5) is 4.79 Å². The van der Waals surface area contributed by atoms with Crippen LogP contribution in [0.1, 0.15) is 19.3 Å². The second kappa shape index (κ2) is 4.96. The molecule has 0 bridgehead atoms. The summed E-state index contributed by atoms with van der Waals surface area (Å²) in [5.41, 5.74) is 0. The summed E-state index contributed by atoms with van der Waals surface area (Å²) in [6.07, 6.45) is 3.50. The first-order valence-corrected chi connectivity index (χ1v) is 7.15. The van der Waals surface area contributed by atoms with E-state index in [2.05, 4.69) is 0 Å². The molecule has 0 radical (unpaired) electrons. The first-order chi connectivity index (χ1) is 7.27. The number of hydrogen-bond donors (Lipinski definition) is 0. The molecule has 15 heavy (non-hydrogen) atoms. The summed E-state index contributed by atoms with van der Waals surface area (Å²) in [7, 11) is -0.695. The maximum atomic E-state index is 12.0. The zero-order chi connectivity index (χ0) is 10.7. The average Bonchev–Trinajstić information content (AvgIpc) is 2.30. The van der Waals surface area contributed by atoms with Crippen molar-refractivity contribution in [2.45, 2.75) is 19.3 Å². The number of likely N-dealkylation sites (tertiary alicyclic amines) is 1. The first-order valence-electron chi connectivity index (χ1n) is 5.66. The highest BCUT2D eigenvalue weighted by atomic mass is 32.2. The molecule has 0 saturated carbocycles. The normalized spacial score (nSPS) is 24.3. The van der Waals surface area contributed by atoms with Crippen molar-refractivity contribution < 1.29 is 9.00 Å². The van der Waals surface area contributed by atoms with Crippen LogP contribution in [0.25, 0.3) is 0 Å². The Bertz CT molecular complexity index is 254. The first kappa shape index (κ1) is 10.9. The summed E-state index contributed by atoms with van der Waals surface area (Å²) in [5.74, 6) is 1.30. The number of rotatable bonds is 0. The third kappa shape index (κ3) is 2.71. The minimum absolute atomic E-state index is 0.159. The molecule has 0 aliphatic carbocycles. The highest BCUT2D eigenvalue weighted by Gasteiger charge is 2.25. The van der Waals surface area contributed by atoms with Crippen molar-refractivity contribution in [2.75, 3.05) is 37.7 Å². The molecule has 0 N–H and O–H groups in total. The predicted octanol–water partition coefficient (Wildman–Crippen LogP) is 0.657. The van der Waals surface area contributed by atoms with Crippen molar-refractivity contribution in [3.8, 4) is 0 Å². The molecular weight excluding hydrogens is 212 g/mol. The van der Waals surface area contributed by atoms with E-state index in [1.807, 2.05) is 9.80 Å². The Hall–Kier alpha value is -0.580. The van der Waals surface area contributed by atoms with Gasteiger partial charge in [0.1, 0.15) is 0 Å². The molecule has 2 aliphatic heterocycles. The summed E-state index contributed by atoms with van der Waals surface area (Å²) in [5, 5.41) is 0. The maximum absolute atomic E-state index is 12.0. The van der Waals surface area contributed by atoms with E-state index in [0.29, 0.717) is 24.6 Å². The van der Waals surface area contributed by atoms with E-state index in [0.717, 1.165) is 25.9 Å². The van der Waals surface area contributed by atoms with Gasteiger partial charge in [0, 0.05) is 48.5 Å². The van der Waals surface area contributed by atoms with Gasteiger partial charge in [0.05, 0.1) is 0 Å². The third-order valence-electron chi connectivity index (χ3n) is 3.07. The molecule has 0 unspecified atom stereocenters. The molecule has 0 aromatic rings. The van der Waals surface area contributed by atoms with Crippen LogP contribution in [-0.4, -0.2) is 57.7 Å². The van der Waals surface area contributed by atoms with E-state index in [1.54, 1.807) is 0 Å². The SMILES string of the molecule is O=C(N1CCCCC1)N1CCS(=O)CC1. The van der Waals surface area contributed by atoms with Crippen molar-refractivity contribution in [1.82, 2.24) is 9.80 Å². The highest BCUT2D eigenvalue weighted by molar-refractivity contribution is 7.85. The highest BCUT2D eigenvalue weighted by Crippen LogP contribution is 2.12. The number of urea groups is 1. The van der Waals surface area contributed by atoms with E-state index >= 15 is 0 Å². The lowest BCUT2D eigenvalue weighted by Gasteiger charge is -2.34. The van der Waals surface area contributed by atoms with Gasteiger partial charge in [-0.25, -0.2) is 4.79 Å². The van der Waals surface area contributed by atoms with Gasteiger partial charge in [-0.05, 0) is 19.3 Å². The quantitative estimate of drug-likeness (QED) is 0.613. The zero-order valence-corrected chi connectivity index (χ0v) is 9.80. The largest absolute Gasteiger partial charge is 0.325 e. The smallest absolute Gasteiger partial charge is 0.320 e. The van der Waals surface area contributed by atoms with Crippen LogP contribution in [0.5, 0.6) is 0 Å². The average molecular weight is 230 g/mol. The van der Waals surface area contributed by atoms with Crippen LogP contribution in [0.3, 0.4) is 0 Å². The molecule has 0 aromatic carbocycles. The lowest BCUT2D eigenvalue weighted by Crippen LogP contribution is -2.50. The molecule has 2 fully saturated rings. The fourth-order valence-electron chi connectivity index (χ4n) is 2.11. The Morgan fingerprint density at radius 2 is 1.40 bits per heavy atom. The Morgan fingerprint density at radius 1 is 0.867 bits per heavy atom. The van der Waals surface area contributed by atoms with Crippen LogP contribution < -0.4 is 0 Å². The number of nitrogens with zero attached hydrogens (tertiary/aromatic N) is 2. The molecule has 0 spiro atoms. The van der Waals surface area contributed by atoms with E-state index < -0.39 is 10.8 Å². The molecule has 2 aliphatic rings. The van der Waals surface area contributed by atoms with Gasteiger partial charge >= 0.3 is 6.03 Å². The second-order valence-corrected chi connectivity index (χ2v) is 5.86. The van der Waals surface area contributed by atoms with Gasteiger partial charge in [-0.15, -0.1) is 0 Å². The van der Waals surface area contributed by atoms with Crippen LogP contribution in [0.15, 0.2) is 0 Å². The molecule has 5 heteroatoms. The summed E-state index contributed by atoms with van der Waals surface area (Å²) in [6.45, 7) is 3.14. The molecule has 2 heterocycles. The summed E-state index contributed by atoms with van der Waals surface area (Å²) in [4.78, 5) is 15.8. The lowest BCUT2D eigenvalue weighted by atomic mass is 10.1. The molecule has 0 atom stereocenters. The van der Waals surface area contributed by atoms with Crippen LogP contribution in [0.2, 0.25) is 0 Å². The van der Waals surface area contributed by atoms with Crippen molar-refractivity contribution in [3.05, 3.63) is 0 Å². The van der Waals surface area contributed by atoms with Crippen molar-refractivity contribution in [2.24, 2.45) is 0 Å². The van der Waals surface area contributed by atoms with Gasteiger partial charge in [-0.1, -0.05) is 0 Å². The van der Waals surface area contributed by atoms with Crippen molar-refractivity contribution >= 4 is 16.8 Å². The number of carbonyl (C=O) groups is 1. The molecule has 2 rings (SSSR count). The van der Waals surface area contributed by atoms with Gasteiger partial charge in [0.25, 0.3) is 0 Å². The molecule has 0 aromatic heterocycles. The van der Waals surface area contributed by atoms with E-state index in [1.165, 1.54) is 6.42 Å². The maximum Gasteiger partial charge on any atom is 0.320 e. The lowest BCUT2D eigenvalue weighted by molar-refractivity contribution is 0.147. The van der Waals surface area contributed by atoms with Gasteiger partial charge in [-0.2, -0.15) is 0 Å². The number of hydrogen-bond acceptors (Lipinski definition) is 2. The second-order valence-electron chi connectivity index (χ2n) is 4.17. The number of amides is 2. The summed E-state index contributed by atoms with van der Waals surface area (Å²) < 4.78 is 11.2. The fourth-order valence-corrected chi connectivity index (χ4v) is 3.17. The fraction of sp³-hybridized carbons (Fsp3) is 0.900. The van der Waals surface area contributed by atoms with Crippen LogP contribution >= 0.6 is 0 Å². The molecular formula is C10H18N2O2S. The van der Waals surface area contributed by atoms with Gasteiger partial charge in [0.15, 0.2) is 0 Å². The number of piperidine rings is 1. The molecule has 4 nitrogen and oxygen atoms in total. The molecule has 86 valence electrons. The topological polar surface area (TPSA) is 40.6 Å².